The number of hydrogen-bond acceptors (Lipinski definition) is 2. The summed E-state index contributed by atoms with van der Waals surface area (Å²) in [5.74, 6) is 0. The van der Waals surface area contributed by atoms with Crippen molar-refractivity contribution in [2.24, 2.45) is 0 Å². The molecule has 0 saturated carbocycles. The molecule has 2 saturated heterocycles. The Hall–Kier alpha value is -0.860. The van der Waals surface area contributed by atoms with Crippen molar-refractivity contribution in [3.8, 4) is 0 Å². The van der Waals surface area contributed by atoms with Crippen LogP contribution in [0.25, 0.3) is 0 Å². The Morgan fingerprint density at radius 2 is 1.82 bits per heavy atom. The predicted octanol–water partition coefficient (Wildman–Crippen LogP) is 2.48. The highest BCUT2D eigenvalue weighted by atomic mass is 16.5. The molecular formula is C15H21NO. The molecule has 3 unspecified atom stereocenters. The molecule has 2 aliphatic heterocycles. The minimum absolute atomic E-state index is 0.506. The van der Waals surface area contributed by atoms with Crippen LogP contribution >= 0.6 is 0 Å². The van der Waals surface area contributed by atoms with Gasteiger partial charge in [0.25, 0.3) is 0 Å². The molecule has 1 aromatic carbocycles. The first-order chi connectivity index (χ1) is 8.31. The summed E-state index contributed by atoms with van der Waals surface area (Å²) >= 11 is 0. The van der Waals surface area contributed by atoms with Crippen LogP contribution in [0, 0.1) is 0 Å². The summed E-state index contributed by atoms with van der Waals surface area (Å²) in [5, 5.41) is 0. The van der Waals surface area contributed by atoms with E-state index >= 15 is 0 Å². The molecule has 92 valence electrons. The molecule has 0 N–H and O–H groups in total. The van der Waals surface area contributed by atoms with Crippen molar-refractivity contribution in [3.63, 3.8) is 0 Å². The molecule has 0 aromatic heterocycles. The summed E-state index contributed by atoms with van der Waals surface area (Å²) in [4.78, 5) is 2.61. The maximum absolute atomic E-state index is 5.89. The van der Waals surface area contributed by atoms with Crippen LogP contribution in [0.5, 0.6) is 0 Å². The van der Waals surface area contributed by atoms with Crippen molar-refractivity contribution >= 4 is 0 Å². The molecular weight excluding hydrogens is 210 g/mol. The van der Waals surface area contributed by atoms with Crippen molar-refractivity contribution < 1.29 is 4.74 Å². The fourth-order valence-corrected chi connectivity index (χ4v) is 3.09. The van der Waals surface area contributed by atoms with Gasteiger partial charge in [-0.05, 0) is 31.7 Å². The molecule has 2 bridgehead atoms. The van der Waals surface area contributed by atoms with Gasteiger partial charge in [-0.25, -0.2) is 0 Å². The zero-order chi connectivity index (χ0) is 11.7. The van der Waals surface area contributed by atoms with Crippen LogP contribution in [0.4, 0.5) is 0 Å². The van der Waals surface area contributed by atoms with Gasteiger partial charge in [0, 0.05) is 19.1 Å². The Balaban J connectivity index is 1.61. The Morgan fingerprint density at radius 1 is 1.18 bits per heavy atom. The van der Waals surface area contributed by atoms with Gasteiger partial charge in [0.05, 0.1) is 12.2 Å². The molecule has 0 radical (unpaired) electrons. The van der Waals surface area contributed by atoms with Gasteiger partial charge in [-0.1, -0.05) is 30.3 Å². The van der Waals surface area contributed by atoms with Crippen molar-refractivity contribution in [2.75, 3.05) is 13.1 Å². The van der Waals surface area contributed by atoms with Gasteiger partial charge < -0.3 is 4.74 Å². The summed E-state index contributed by atoms with van der Waals surface area (Å²) < 4.78 is 5.89. The van der Waals surface area contributed by atoms with Crippen LogP contribution in [0.15, 0.2) is 30.3 Å². The van der Waals surface area contributed by atoms with Crippen molar-refractivity contribution in [1.82, 2.24) is 4.90 Å². The number of likely N-dealkylation sites (tertiary alicyclic amines) is 1. The maximum atomic E-state index is 5.89. The van der Waals surface area contributed by atoms with E-state index in [9.17, 15) is 0 Å². The average molecular weight is 231 g/mol. The lowest BCUT2D eigenvalue weighted by Crippen LogP contribution is -2.47. The lowest BCUT2D eigenvalue weighted by Gasteiger charge is -2.36. The van der Waals surface area contributed by atoms with E-state index in [2.05, 4.69) is 42.2 Å². The summed E-state index contributed by atoms with van der Waals surface area (Å²) in [5.41, 5.74) is 1.44. The van der Waals surface area contributed by atoms with Crippen LogP contribution in [-0.2, 0) is 11.2 Å². The Bertz CT molecular complexity index is 352. The summed E-state index contributed by atoms with van der Waals surface area (Å²) in [7, 11) is 0. The highest BCUT2D eigenvalue weighted by Gasteiger charge is 2.35. The molecule has 1 aromatic rings. The molecule has 3 rings (SSSR count). The third-order valence-corrected chi connectivity index (χ3v) is 4.07. The van der Waals surface area contributed by atoms with Crippen molar-refractivity contribution in [1.29, 1.82) is 0 Å². The van der Waals surface area contributed by atoms with Crippen LogP contribution in [-0.4, -0.2) is 36.2 Å². The van der Waals surface area contributed by atoms with E-state index in [1.54, 1.807) is 0 Å². The first kappa shape index (κ1) is 11.2. The monoisotopic (exact) mass is 231 g/mol. The zero-order valence-corrected chi connectivity index (χ0v) is 10.5. The smallest absolute Gasteiger partial charge is 0.0707 e. The van der Waals surface area contributed by atoms with E-state index < -0.39 is 0 Å². The highest BCUT2D eigenvalue weighted by molar-refractivity contribution is 5.15. The number of hydrogen-bond donors (Lipinski definition) is 0. The summed E-state index contributed by atoms with van der Waals surface area (Å²) in [6, 6.07) is 11.4. The topological polar surface area (TPSA) is 12.5 Å². The molecule has 2 heteroatoms. The van der Waals surface area contributed by atoms with Gasteiger partial charge in [-0.3, -0.25) is 4.90 Å². The number of nitrogens with zero attached hydrogens (tertiary/aromatic N) is 1. The third kappa shape index (κ3) is 2.53. The van der Waals surface area contributed by atoms with E-state index in [1.807, 2.05) is 0 Å². The summed E-state index contributed by atoms with van der Waals surface area (Å²) in [6.07, 6.45) is 4.69. The van der Waals surface area contributed by atoms with Crippen LogP contribution in [0.2, 0.25) is 0 Å². The Morgan fingerprint density at radius 3 is 2.47 bits per heavy atom. The standard InChI is InChI=1S/C15H21NO/c1-12(9-13-5-3-2-4-6-13)16-10-14-7-8-15(11-16)17-14/h2-6,12,14-15H,7-11H2,1H3. The number of morpholine rings is 1. The predicted molar refractivity (Wildman–Crippen MR) is 69.1 cm³/mol. The SMILES string of the molecule is CC(Cc1ccccc1)N1CC2CCC(C1)O2. The molecule has 0 spiro atoms. The van der Waals surface area contributed by atoms with Gasteiger partial charge >= 0.3 is 0 Å². The van der Waals surface area contributed by atoms with E-state index in [0.29, 0.717) is 18.2 Å². The number of rotatable bonds is 3. The van der Waals surface area contributed by atoms with Crippen LogP contribution in [0.3, 0.4) is 0 Å². The second kappa shape index (κ2) is 4.79. The average Bonchev–Trinajstić information content (AvgIpc) is 2.69. The maximum Gasteiger partial charge on any atom is 0.0707 e. The van der Waals surface area contributed by atoms with Crippen molar-refractivity contribution in [3.05, 3.63) is 35.9 Å². The molecule has 2 aliphatic rings. The fourth-order valence-electron chi connectivity index (χ4n) is 3.09. The van der Waals surface area contributed by atoms with Gasteiger partial charge in [-0.2, -0.15) is 0 Å². The molecule has 0 amide bonds. The van der Waals surface area contributed by atoms with E-state index in [-0.39, 0.29) is 0 Å². The van der Waals surface area contributed by atoms with E-state index in [4.69, 9.17) is 4.74 Å². The highest BCUT2D eigenvalue weighted by Crippen LogP contribution is 2.27. The zero-order valence-electron chi connectivity index (χ0n) is 10.5. The van der Waals surface area contributed by atoms with Gasteiger partial charge in [0.2, 0.25) is 0 Å². The largest absolute Gasteiger partial charge is 0.372 e. The van der Waals surface area contributed by atoms with Gasteiger partial charge in [0.15, 0.2) is 0 Å². The first-order valence-corrected chi connectivity index (χ1v) is 6.74. The fraction of sp³-hybridized carbons (Fsp3) is 0.600. The lowest BCUT2D eigenvalue weighted by atomic mass is 10.1. The van der Waals surface area contributed by atoms with Gasteiger partial charge in [-0.15, -0.1) is 0 Å². The second-order valence-electron chi connectivity index (χ2n) is 5.45. The number of fused-ring (bicyclic) bond motifs is 2. The quantitative estimate of drug-likeness (QED) is 0.792. The summed E-state index contributed by atoms with van der Waals surface area (Å²) in [6.45, 7) is 4.60. The van der Waals surface area contributed by atoms with Crippen molar-refractivity contribution in [2.45, 2.75) is 44.4 Å². The second-order valence-corrected chi connectivity index (χ2v) is 5.45. The number of benzene rings is 1. The molecule has 2 fully saturated rings. The minimum Gasteiger partial charge on any atom is -0.372 e. The van der Waals surface area contributed by atoms with Gasteiger partial charge in [0.1, 0.15) is 0 Å². The van der Waals surface area contributed by atoms with Crippen LogP contribution < -0.4 is 0 Å². The normalized spacial score (nSPS) is 30.4. The van der Waals surface area contributed by atoms with Crippen LogP contribution in [0.1, 0.15) is 25.3 Å². The molecule has 0 aliphatic carbocycles. The Labute approximate surface area is 104 Å². The molecule has 17 heavy (non-hydrogen) atoms. The minimum atomic E-state index is 0.506. The number of ether oxygens (including phenoxy) is 1. The van der Waals surface area contributed by atoms with E-state index in [0.717, 1.165) is 19.5 Å². The van der Waals surface area contributed by atoms with E-state index in [1.165, 1.54) is 18.4 Å². The molecule has 2 heterocycles. The molecule has 2 nitrogen and oxygen atoms in total. The molecule has 3 atom stereocenters. The first-order valence-electron chi connectivity index (χ1n) is 6.74. The third-order valence-electron chi connectivity index (χ3n) is 4.07. The Kier molecular flexibility index (Phi) is 3.17. The lowest BCUT2D eigenvalue weighted by molar-refractivity contribution is -0.0502.